The molecule has 8 aliphatic rings. The molecule has 0 aromatic heterocycles. The Kier molecular flexibility index (Phi) is 8.03. The van der Waals surface area contributed by atoms with Crippen LogP contribution in [0.25, 0.3) is 0 Å². The van der Waals surface area contributed by atoms with Crippen molar-refractivity contribution in [3.8, 4) is 0 Å². The molecule has 8 aliphatic carbocycles. The number of rotatable bonds is 8. The van der Waals surface area contributed by atoms with E-state index in [-0.39, 0.29) is 34.0 Å². The molecule has 8 fully saturated rings. The zero-order valence-electron chi connectivity index (χ0n) is 27.6. The average Bonchev–Trinajstić information content (AvgIpc) is 2.86. The molecule has 3 unspecified atom stereocenters. The van der Waals surface area contributed by atoms with Crippen LogP contribution in [-0.2, 0) is 19.1 Å². The van der Waals surface area contributed by atoms with Crippen LogP contribution in [-0.4, -0.2) is 33.8 Å². The lowest BCUT2D eigenvalue weighted by Gasteiger charge is -2.62. The molecular weight excluding hydrogens is 512 g/mol. The number of hydrogen-bond acceptors (Lipinski definition) is 5. The number of ether oxygens (including phenoxy) is 2. The Morgan fingerprint density at radius 1 is 0.659 bits per heavy atom. The third kappa shape index (κ3) is 5.76. The third-order valence-corrected chi connectivity index (χ3v) is 13.3. The smallest absolute Gasteiger partial charge is 0.312 e. The van der Waals surface area contributed by atoms with Crippen molar-refractivity contribution in [2.45, 2.75) is 169 Å². The van der Waals surface area contributed by atoms with Gasteiger partial charge in [-0.1, -0.05) is 20.8 Å². The van der Waals surface area contributed by atoms with Crippen LogP contribution in [0.5, 0.6) is 0 Å². The fourth-order valence-corrected chi connectivity index (χ4v) is 10.5. The summed E-state index contributed by atoms with van der Waals surface area (Å²) in [5.74, 6) is 3.74. The molecule has 3 atom stereocenters. The first-order chi connectivity index (χ1) is 19.0. The third-order valence-electron chi connectivity index (χ3n) is 13.3. The summed E-state index contributed by atoms with van der Waals surface area (Å²) in [5.41, 5.74) is -1.70. The summed E-state index contributed by atoms with van der Waals surface area (Å²) < 4.78 is 12.3. The van der Waals surface area contributed by atoms with Crippen LogP contribution in [0, 0.1) is 45.8 Å². The standard InChI is InChI=1S/C20H34O2.C16H26O3/c1-6-18(3,4)17(21)22-19(5,7-2)20-11-14-8-15(12-20)10-16(9-14)13-20;1-4-14(2,3)13(17)19-16-8-11-5-12(9-16)7-15(18,6-11)10-16/h14-16H,6-13H2,1-5H3;11-12,18H,4-10H2,1-3H3. The average molecular weight is 573 g/mol. The molecule has 0 heterocycles. The van der Waals surface area contributed by atoms with Crippen molar-refractivity contribution >= 4 is 11.9 Å². The molecule has 5 nitrogen and oxygen atoms in total. The number of hydrogen-bond donors (Lipinski definition) is 1. The molecule has 0 amide bonds. The molecule has 0 radical (unpaired) electrons. The Bertz CT molecular complexity index is 960. The Morgan fingerprint density at radius 3 is 1.51 bits per heavy atom. The molecule has 5 heteroatoms. The van der Waals surface area contributed by atoms with Crippen molar-refractivity contribution < 1.29 is 24.2 Å². The van der Waals surface area contributed by atoms with Crippen LogP contribution >= 0.6 is 0 Å². The van der Waals surface area contributed by atoms with E-state index < -0.39 is 11.0 Å². The van der Waals surface area contributed by atoms with Crippen LogP contribution in [0.1, 0.15) is 152 Å². The van der Waals surface area contributed by atoms with Crippen LogP contribution in [0.2, 0.25) is 0 Å². The van der Waals surface area contributed by atoms with Gasteiger partial charge in [0.15, 0.2) is 0 Å². The van der Waals surface area contributed by atoms with Crippen molar-refractivity contribution in [2.24, 2.45) is 45.8 Å². The molecular formula is C36H60O5. The SMILES string of the molecule is CCC(C)(C)C(=O)OC(C)(CC)C12CC3CC(CC(C3)C1)C2.CCC(C)(C)C(=O)OC12CC3CC(CC(O)(C3)C1)C2. The van der Waals surface area contributed by atoms with Crippen molar-refractivity contribution in [2.75, 3.05) is 0 Å². The number of aliphatic hydroxyl groups is 1. The first kappa shape index (κ1) is 31.3. The minimum atomic E-state index is -0.555. The number of carbonyl (C=O) groups excluding carboxylic acids is 2. The lowest BCUT2D eigenvalue weighted by molar-refractivity contribution is -0.225. The van der Waals surface area contributed by atoms with Crippen LogP contribution < -0.4 is 0 Å². The van der Waals surface area contributed by atoms with E-state index in [0.29, 0.717) is 18.3 Å². The van der Waals surface area contributed by atoms with E-state index in [2.05, 4.69) is 20.8 Å². The van der Waals surface area contributed by atoms with E-state index in [1.807, 2.05) is 34.6 Å². The van der Waals surface area contributed by atoms with Crippen LogP contribution in [0.4, 0.5) is 0 Å². The molecule has 8 rings (SSSR count). The van der Waals surface area contributed by atoms with Gasteiger partial charge < -0.3 is 14.6 Å². The molecule has 234 valence electrons. The van der Waals surface area contributed by atoms with E-state index in [9.17, 15) is 14.7 Å². The highest BCUT2D eigenvalue weighted by molar-refractivity contribution is 5.76. The van der Waals surface area contributed by atoms with Gasteiger partial charge in [0.1, 0.15) is 11.2 Å². The molecule has 0 saturated heterocycles. The molecule has 0 aromatic rings. The van der Waals surface area contributed by atoms with Gasteiger partial charge in [-0.15, -0.1) is 0 Å². The first-order valence-electron chi connectivity index (χ1n) is 17.2. The zero-order chi connectivity index (χ0) is 30.1. The number of carbonyl (C=O) groups is 2. The normalized spacial score (nSPS) is 41.8. The summed E-state index contributed by atoms with van der Waals surface area (Å²) in [5, 5.41) is 10.6. The quantitative estimate of drug-likeness (QED) is 0.296. The zero-order valence-corrected chi connectivity index (χ0v) is 27.6. The summed E-state index contributed by atoms with van der Waals surface area (Å²) in [6.07, 6.45) is 16.4. The largest absolute Gasteiger partial charge is 0.459 e. The Balaban J connectivity index is 0.000000166. The Hall–Kier alpha value is -1.10. The minimum absolute atomic E-state index is 0.00935. The first-order valence-corrected chi connectivity index (χ1v) is 17.2. The van der Waals surface area contributed by atoms with E-state index in [1.165, 1.54) is 44.9 Å². The molecule has 1 N–H and O–H groups in total. The van der Waals surface area contributed by atoms with Gasteiger partial charge in [-0.3, -0.25) is 9.59 Å². The van der Waals surface area contributed by atoms with E-state index >= 15 is 0 Å². The maximum absolute atomic E-state index is 12.7. The Morgan fingerprint density at radius 2 is 1.10 bits per heavy atom. The summed E-state index contributed by atoms with van der Waals surface area (Å²) in [4.78, 5) is 25.1. The molecule has 8 saturated carbocycles. The van der Waals surface area contributed by atoms with Crippen molar-refractivity contribution in [1.29, 1.82) is 0 Å². The summed E-state index contributed by atoms with van der Waals surface area (Å²) in [7, 11) is 0. The molecule has 41 heavy (non-hydrogen) atoms. The van der Waals surface area contributed by atoms with Crippen molar-refractivity contribution in [1.82, 2.24) is 0 Å². The monoisotopic (exact) mass is 572 g/mol. The Labute approximate surface area is 250 Å². The van der Waals surface area contributed by atoms with E-state index in [4.69, 9.17) is 9.47 Å². The summed E-state index contributed by atoms with van der Waals surface area (Å²) in [6.45, 7) is 16.5. The molecule has 0 spiro atoms. The summed E-state index contributed by atoms with van der Waals surface area (Å²) >= 11 is 0. The van der Waals surface area contributed by atoms with Gasteiger partial charge in [-0.2, -0.15) is 0 Å². The summed E-state index contributed by atoms with van der Waals surface area (Å²) in [6, 6.07) is 0. The highest BCUT2D eigenvalue weighted by Gasteiger charge is 2.61. The van der Waals surface area contributed by atoms with Gasteiger partial charge in [-0.25, -0.2) is 0 Å². The second kappa shape index (κ2) is 10.5. The van der Waals surface area contributed by atoms with Gasteiger partial charge in [0.2, 0.25) is 0 Å². The second-order valence-electron chi connectivity index (χ2n) is 17.4. The van der Waals surface area contributed by atoms with Gasteiger partial charge in [0, 0.05) is 11.8 Å². The van der Waals surface area contributed by atoms with E-state index in [0.717, 1.165) is 62.7 Å². The highest BCUT2D eigenvalue weighted by Crippen LogP contribution is 2.65. The highest BCUT2D eigenvalue weighted by atomic mass is 16.6. The van der Waals surface area contributed by atoms with Crippen molar-refractivity contribution in [3.63, 3.8) is 0 Å². The van der Waals surface area contributed by atoms with Crippen LogP contribution in [0.3, 0.4) is 0 Å². The fourth-order valence-electron chi connectivity index (χ4n) is 10.5. The van der Waals surface area contributed by atoms with Gasteiger partial charge in [-0.05, 0) is 154 Å². The number of esters is 2. The second-order valence-corrected chi connectivity index (χ2v) is 17.4. The lowest BCUT2D eigenvalue weighted by Crippen LogP contribution is -2.61. The van der Waals surface area contributed by atoms with Gasteiger partial charge >= 0.3 is 11.9 Å². The molecule has 0 aliphatic heterocycles. The fraction of sp³-hybridized carbons (Fsp3) is 0.944. The topological polar surface area (TPSA) is 72.8 Å². The molecule has 8 bridgehead atoms. The maximum Gasteiger partial charge on any atom is 0.312 e. The maximum atomic E-state index is 12.7. The predicted molar refractivity (Wildman–Crippen MR) is 162 cm³/mol. The van der Waals surface area contributed by atoms with Gasteiger partial charge in [0.25, 0.3) is 0 Å². The van der Waals surface area contributed by atoms with Gasteiger partial charge in [0.05, 0.1) is 16.4 Å². The van der Waals surface area contributed by atoms with Crippen molar-refractivity contribution in [3.05, 3.63) is 0 Å². The molecule has 0 aromatic carbocycles. The minimum Gasteiger partial charge on any atom is -0.459 e. The van der Waals surface area contributed by atoms with E-state index in [1.54, 1.807) is 0 Å². The lowest BCUT2D eigenvalue weighted by atomic mass is 9.45. The van der Waals surface area contributed by atoms with Crippen LogP contribution in [0.15, 0.2) is 0 Å². The predicted octanol–water partition coefficient (Wildman–Crippen LogP) is 8.40.